The van der Waals surface area contributed by atoms with Crippen LogP contribution in [0.1, 0.15) is 6.42 Å². The molecule has 4 nitrogen and oxygen atoms in total. The average molecular weight is 217 g/mol. The summed E-state index contributed by atoms with van der Waals surface area (Å²) in [5, 5.41) is 9.41. The van der Waals surface area contributed by atoms with Crippen LogP contribution in [0.25, 0.3) is 0 Å². The molecule has 0 unspecified atom stereocenters. The molecule has 0 aromatic rings. The molecule has 0 rings (SSSR count). The van der Waals surface area contributed by atoms with Crippen molar-refractivity contribution in [3.8, 4) is 0 Å². The van der Waals surface area contributed by atoms with Crippen LogP contribution in [0, 0.1) is 0 Å². The Kier molecular flexibility index (Phi) is 4.32. The summed E-state index contributed by atoms with van der Waals surface area (Å²) in [5.41, 5.74) is 0. The van der Waals surface area contributed by atoms with Gasteiger partial charge in [-0.15, -0.1) is 0 Å². The first kappa shape index (κ1) is 12.7. The number of hydrogen-bond acceptors (Lipinski definition) is 2. The van der Waals surface area contributed by atoms with E-state index in [9.17, 15) is 27.2 Å². The number of carbonyl (C=O) groups is 2. The van der Waals surface area contributed by atoms with Crippen molar-refractivity contribution in [3.05, 3.63) is 0 Å². The molecule has 0 saturated carbocycles. The predicted molar refractivity (Wildman–Crippen MR) is 36.2 cm³/mol. The van der Waals surface area contributed by atoms with E-state index in [1.165, 1.54) is 5.32 Å². The summed E-state index contributed by atoms with van der Waals surface area (Å²) in [6.07, 6.45) is -4.92. The molecular weight excluding hydrogens is 210 g/mol. The first-order chi connectivity index (χ1) is 6.25. The second-order valence-electron chi connectivity index (χ2n) is 2.41. The van der Waals surface area contributed by atoms with Crippen molar-refractivity contribution in [1.82, 2.24) is 5.32 Å². The minimum Gasteiger partial charge on any atom is -0.481 e. The van der Waals surface area contributed by atoms with Gasteiger partial charge in [-0.1, -0.05) is 0 Å². The molecule has 0 aromatic carbocycles. The summed E-state index contributed by atoms with van der Waals surface area (Å²) in [5.74, 6) is -7.10. The molecule has 0 atom stereocenters. The van der Waals surface area contributed by atoms with E-state index in [-0.39, 0.29) is 0 Å². The number of amides is 1. The lowest BCUT2D eigenvalue weighted by molar-refractivity contribution is -0.144. The lowest BCUT2D eigenvalue weighted by atomic mass is 10.3. The lowest BCUT2D eigenvalue weighted by Crippen LogP contribution is -2.41. The molecule has 14 heavy (non-hydrogen) atoms. The van der Waals surface area contributed by atoms with Gasteiger partial charge < -0.3 is 10.4 Å². The van der Waals surface area contributed by atoms with Gasteiger partial charge in [0.25, 0.3) is 0 Å². The number of nitrogens with one attached hydrogen (secondary N) is 1. The first-order valence-electron chi connectivity index (χ1n) is 3.40. The highest BCUT2D eigenvalue weighted by molar-refractivity contribution is 5.93. The Morgan fingerprint density at radius 2 is 1.86 bits per heavy atom. The molecule has 0 fully saturated rings. The summed E-state index contributed by atoms with van der Waals surface area (Å²) in [4.78, 5) is 20.3. The van der Waals surface area contributed by atoms with Gasteiger partial charge in [0.2, 0.25) is 5.91 Å². The summed E-state index contributed by atoms with van der Waals surface area (Å²) in [6.45, 7) is -1.57. The number of aliphatic carboxylic acids is 1. The molecule has 0 aliphatic rings. The van der Waals surface area contributed by atoms with E-state index >= 15 is 0 Å². The molecule has 2 N–H and O–H groups in total. The van der Waals surface area contributed by atoms with Crippen LogP contribution in [0.3, 0.4) is 0 Å². The molecule has 8 heteroatoms. The van der Waals surface area contributed by atoms with E-state index < -0.39 is 37.2 Å². The second-order valence-corrected chi connectivity index (χ2v) is 2.41. The van der Waals surface area contributed by atoms with Gasteiger partial charge in [0.15, 0.2) is 0 Å². The highest BCUT2D eigenvalue weighted by Crippen LogP contribution is 2.21. The number of rotatable bonds is 5. The molecule has 1 amide bonds. The summed E-state index contributed by atoms with van der Waals surface area (Å²) in [6, 6.07) is 0. The largest absolute Gasteiger partial charge is 0.481 e. The van der Waals surface area contributed by atoms with E-state index in [1.54, 1.807) is 0 Å². The van der Waals surface area contributed by atoms with Crippen molar-refractivity contribution < 1.29 is 32.3 Å². The van der Waals surface area contributed by atoms with Gasteiger partial charge in [0.1, 0.15) is 6.42 Å². The minimum absolute atomic E-state index is 1.03. The number of hydrogen-bond donors (Lipinski definition) is 2. The van der Waals surface area contributed by atoms with Gasteiger partial charge in [0.05, 0.1) is 6.54 Å². The van der Waals surface area contributed by atoms with Crippen molar-refractivity contribution in [2.45, 2.75) is 18.8 Å². The fourth-order valence-electron chi connectivity index (χ4n) is 0.493. The van der Waals surface area contributed by atoms with Gasteiger partial charge >= 0.3 is 18.3 Å². The second kappa shape index (κ2) is 4.77. The van der Waals surface area contributed by atoms with E-state index in [0.29, 0.717) is 0 Å². The molecular formula is C6H7F4NO3. The quantitative estimate of drug-likeness (QED) is 0.519. The number of carbonyl (C=O) groups excluding carboxylic acids is 1. The minimum atomic E-state index is -4.34. The van der Waals surface area contributed by atoms with Crippen molar-refractivity contribution in [3.63, 3.8) is 0 Å². The van der Waals surface area contributed by atoms with Crippen LogP contribution in [0.4, 0.5) is 17.6 Å². The van der Waals surface area contributed by atoms with E-state index in [1.807, 2.05) is 0 Å². The zero-order chi connectivity index (χ0) is 11.4. The van der Waals surface area contributed by atoms with Crippen LogP contribution in [0.15, 0.2) is 0 Å². The fourth-order valence-corrected chi connectivity index (χ4v) is 0.493. The normalized spacial score (nSPS) is 11.5. The predicted octanol–water partition coefficient (Wildman–Crippen LogP) is 0.478. The van der Waals surface area contributed by atoms with Crippen LogP contribution in [0.5, 0.6) is 0 Å². The zero-order valence-electron chi connectivity index (χ0n) is 6.77. The summed E-state index contributed by atoms with van der Waals surface area (Å²) < 4.78 is 47.3. The van der Waals surface area contributed by atoms with Crippen LogP contribution >= 0.6 is 0 Å². The third-order valence-corrected chi connectivity index (χ3v) is 1.15. The van der Waals surface area contributed by atoms with Crippen molar-refractivity contribution in [2.75, 3.05) is 6.54 Å². The van der Waals surface area contributed by atoms with Gasteiger partial charge in [-0.05, 0) is 0 Å². The van der Waals surface area contributed by atoms with Gasteiger partial charge in [-0.25, -0.2) is 8.78 Å². The maximum Gasteiger partial charge on any atom is 0.324 e. The summed E-state index contributed by atoms with van der Waals surface area (Å²) in [7, 11) is 0. The molecule has 0 heterocycles. The van der Waals surface area contributed by atoms with E-state index in [0.717, 1.165) is 0 Å². The number of carboxylic acid groups (broad SMARTS) is 1. The molecule has 0 bridgehead atoms. The number of alkyl halides is 4. The fraction of sp³-hybridized carbons (Fsp3) is 0.667. The van der Waals surface area contributed by atoms with Crippen molar-refractivity contribution in [2.24, 2.45) is 0 Å². The summed E-state index contributed by atoms with van der Waals surface area (Å²) >= 11 is 0. The van der Waals surface area contributed by atoms with Crippen LogP contribution in [-0.2, 0) is 9.59 Å². The highest BCUT2D eigenvalue weighted by Gasteiger charge is 2.40. The third kappa shape index (κ3) is 4.63. The SMILES string of the molecule is O=C(O)CC(=O)NCC(F)(F)C(F)F. The van der Waals surface area contributed by atoms with Crippen LogP contribution in [0.2, 0.25) is 0 Å². The van der Waals surface area contributed by atoms with Gasteiger partial charge in [-0.3, -0.25) is 9.59 Å². The van der Waals surface area contributed by atoms with Crippen molar-refractivity contribution >= 4 is 11.9 Å². The maximum atomic E-state index is 12.1. The Morgan fingerprint density at radius 3 is 2.21 bits per heavy atom. The van der Waals surface area contributed by atoms with E-state index in [4.69, 9.17) is 5.11 Å². The third-order valence-electron chi connectivity index (χ3n) is 1.15. The van der Waals surface area contributed by atoms with Gasteiger partial charge in [-0.2, -0.15) is 8.78 Å². The Labute approximate surface area is 75.9 Å². The van der Waals surface area contributed by atoms with Crippen LogP contribution < -0.4 is 5.32 Å². The number of halogens is 4. The van der Waals surface area contributed by atoms with Crippen molar-refractivity contribution in [1.29, 1.82) is 0 Å². The Bertz CT molecular complexity index is 231. The smallest absolute Gasteiger partial charge is 0.324 e. The molecule has 0 spiro atoms. The van der Waals surface area contributed by atoms with Crippen LogP contribution in [-0.4, -0.2) is 35.9 Å². The highest BCUT2D eigenvalue weighted by atomic mass is 19.3. The number of carboxylic acids is 1. The maximum absolute atomic E-state index is 12.1. The standard InChI is InChI=1S/C6H7F4NO3/c7-5(8)6(9,10)2-11-3(12)1-4(13)14/h5H,1-2H2,(H,11,12)(H,13,14). The monoisotopic (exact) mass is 217 g/mol. The molecule has 0 aliphatic carbocycles. The molecule has 0 aromatic heterocycles. The van der Waals surface area contributed by atoms with Gasteiger partial charge in [0, 0.05) is 0 Å². The first-order valence-corrected chi connectivity index (χ1v) is 3.40. The lowest BCUT2D eigenvalue weighted by Gasteiger charge is -2.15. The zero-order valence-corrected chi connectivity index (χ0v) is 6.77. The topological polar surface area (TPSA) is 66.4 Å². The molecule has 82 valence electrons. The molecule has 0 aliphatic heterocycles. The Hall–Kier alpha value is -1.34. The Balaban J connectivity index is 3.94. The van der Waals surface area contributed by atoms with E-state index in [2.05, 4.69) is 0 Å². The average Bonchev–Trinajstić information content (AvgIpc) is 1.99. The molecule has 0 radical (unpaired) electrons. The Morgan fingerprint density at radius 1 is 1.36 bits per heavy atom. The molecule has 0 saturated heterocycles.